The SMILES string of the molecule is CC(=O)c1cccc([N+](=O)[O-])c1OC(F)C(F)F. The number of ketones is 1. The third-order valence-corrected chi connectivity index (χ3v) is 2.00. The van der Waals surface area contributed by atoms with Gasteiger partial charge in [0.2, 0.25) is 5.75 Å². The van der Waals surface area contributed by atoms with Gasteiger partial charge in [0.15, 0.2) is 5.78 Å². The maximum absolute atomic E-state index is 12.8. The maximum atomic E-state index is 12.8. The van der Waals surface area contributed by atoms with E-state index in [1.807, 2.05) is 0 Å². The number of Topliss-reactive ketones (excluding diaryl/α,β-unsaturated/α-hetero) is 1. The zero-order valence-electron chi connectivity index (χ0n) is 9.10. The van der Waals surface area contributed by atoms with Crippen LogP contribution >= 0.6 is 0 Å². The molecule has 1 aromatic carbocycles. The van der Waals surface area contributed by atoms with Crippen molar-refractivity contribution in [1.82, 2.24) is 0 Å². The molecule has 0 aliphatic rings. The molecule has 5 nitrogen and oxygen atoms in total. The Bertz CT molecular complexity index is 446. The number of alkyl halides is 3. The zero-order valence-corrected chi connectivity index (χ0v) is 9.10. The van der Waals surface area contributed by atoms with E-state index in [2.05, 4.69) is 4.74 Å². The van der Waals surface area contributed by atoms with E-state index in [0.717, 1.165) is 19.1 Å². The summed E-state index contributed by atoms with van der Waals surface area (Å²) in [5.41, 5.74) is -1.07. The van der Waals surface area contributed by atoms with Crippen LogP contribution in [0.5, 0.6) is 5.75 Å². The van der Waals surface area contributed by atoms with E-state index in [-0.39, 0.29) is 5.56 Å². The Labute approximate surface area is 99.3 Å². The van der Waals surface area contributed by atoms with Crippen LogP contribution in [0.15, 0.2) is 18.2 Å². The van der Waals surface area contributed by atoms with Gasteiger partial charge >= 0.3 is 12.1 Å². The van der Waals surface area contributed by atoms with Gasteiger partial charge < -0.3 is 4.74 Å². The molecule has 1 rings (SSSR count). The highest BCUT2D eigenvalue weighted by atomic mass is 19.3. The molecule has 0 spiro atoms. The van der Waals surface area contributed by atoms with E-state index in [0.29, 0.717) is 0 Å². The van der Waals surface area contributed by atoms with Gasteiger partial charge in [-0.15, -0.1) is 0 Å². The van der Waals surface area contributed by atoms with Gasteiger partial charge in [-0.2, -0.15) is 4.39 Å². The van der Waals surface area contributed by atoms with Crippen LogP contribution in [-0.4, -0.2) is 23.5 Å². The van der Waals surface area contributed by atoms with E-state index in [1.165, 1.54) is 6.07 Å². The second-order valence-electron chi connectivity index (χ2n) is 3.27. The molecule has 0 aliphatic carbocycles. The summed E-state index contributed by atoms with van der Waals surface area (Å²) < 4.78 is 41.0. The van der Waals surface area contributed by atoms with Crippen molar-refractivity contribution in [1.29, 1.82) is 0 Å². The lowest BCUT2D eigenvalue weighted by Crippen LogP contribution is -2.21. The van der Waals surface area contributed by atoms with Crippen LogP contribution in [0, 0.1) is 10.1 Å². The lowest BCUT2D eigenvalue weighted by molar-refractivity contribution is -0.386. The van der Waals surface area contributed by atoms with Gasteiger partial charge in [0.25, 0.3) is 6.36 Å². The van der Waals surface area contributed by atoms with E-state index in [9.17, 15) is 28.1 Å². The number of rotatable bonds is 5. The van der Waals surface area contributed by atoms with Crippen molar-refractivity contribution >= 4 is 11.5 Å². The minimum absolute atomic E-state index is 0.326. The summed E-state index contributed by atoms with van der Waals surface area (Å²) in [6.07, 6.45) is -6.51. The second-order valence-corrected chi connectivity index (χ2v) is 3.27. The van der Waals surface area contributed by atoms with Gasteiger partial charge in [-0.25, -0.2) is 8.78 Å². The first-order chi connectivity index (χ1) is 8.34. The Kier molecular flexibility index (Phi) is 4.24. The monoisotopic (exact) mass is 263 g/mol. The van der Waals surface area contributed by atoms with Crippen molar-refractivity contribution in [3.63, 3.8) is 0 Å². The molecule has 1 atom stereocenters. The summed E-state index contributed by atoms with van der Waals surface area (Å²) in [4.78, 5) is 20.9. The molecular formula is C10H8F3NO4. The summed E-state index contributed by atoms with van der Waals surface area (Å²) in [6, 6.07) is 3.24. The predicted octanol–water partition coefficient (Wildman–Crippen LogP) is 2.74. The standard InChI is InChI=1S/C10H8F3NO4/c1-5(15)6-3-2-4-7(14(16)17)8(6)18-10(13)9(11)12/h2-4,9-10H,1H3. The quantitative estimate of drug-likeness (QED) is 0.465. The van der Waals surface area contributed by atoms with Crippen molar-refractivity contribution in [2.75, 3.05) is 0 Å². The number of hydrogen-bond acceptors (Lipinski definition) is 4. The summed E-state index contributed by atoms with van der Waals surface area (Å²) >= 11 is 0. The molecule has 0 radical (unpaired) electrons. The predicted molar refractivity (Wildman–Crippen MR) is 54.6 cm³/mol. The van der Waals surface area contributed by atoms with E-state index in [4.69, 9.17) is 0 Å². The molecule has 1 aromatic rings. The van der Waals surface area contributed by atoms with E-state index in [1.54, 1.807) is 0 Å². The molecule has 0 bridgehead atoms. The Hall–Kier alpha value is -2.12. The van der Waals surface area contributed by atoms with Crippen molar-refractivity contribution in [2.24, 2.45) is 0 Å². The van der Waals surface area contributed by atoms with Gasteiger partial charge in [-0.3, -0.25) is 14.9 Å². The number of nitro groups is 1. The topological polar surface area (TPSA) is 69.4 Å². The van der Waals surface area contributed by atoms with Crippen LogP contribution < -0.4 is 4.74 Å². The number of nitro benzene ring substituents is 1. The molecule has 98 valence electrons. The van der Waals surface area contributed by atoms with Gasteiger partial charge in [0, 0.05) is 6.07 Å². The fourth-order valence-corrected chi connectivity index (χ4v) is 1.23. The molecule has 0 saturated heterocycles. The molecule has 0 amide bonds. The molecule has 0 aromatic heterocycles. The molecule has 0 aliphatic heterocycles. The molecule has 18 heavy (non-hydrogen) atoms. The lowest BCUT2D eigenvalue weighted by atomic mass is 10.1. The number of hydrogen-bond donors (Lipinski definition) is 0. The van der Waals surface area contributed by atoms with Gasteiger partial charge in [-0.05, 0) is 13.0 Å². The number of ether oxygens (including phenoxy) is 1. The average molecular weight is 263 g/mol. The van der Waals surface area contributed by atoms with Crippen LogP contribution in [0.3, 0.4) is 0 Å². The highest BCUT2D eigenvalue weighted by Crippen LogP contribution is 2.33. The lowest BCUT2D eigenvalue weighted by Gasteiger charge is -2.12. The molecule has 1 unspecified atom stereocenters. The molecule has 0 fully saturated rings. The summed E-state index contributed by atoms with van der Waals surface area (Å²) in [5.74, 6) is -1.45. The molecule has 0 heterocycles. The van der Waals surface area contributed by atoms with Crippen molar-refractivity contribution in [2.45, 2.75) is 19.7 Å². The number of benzene rings is 1. The fraction of sp³-hybridized carbons (Fsp3) is 0.300. The Morgan fingerprint density at radius 2 is 2.00 bits per heavy atom. The smallest absolute Gasteiger partial charge is 0.311 e. The maximum Gasteiger partial charge on any atom is 0.311 e. The van der Waals surface area contributed by atoms with Crippen LogP contribution in [0.4, 0.5) is 18.9 Å². The Balaban J connectivity index is 3.27. The molecule has 0 saturated carbocycles. The van der Waals surface area contributed by atoms with Gasteiger partial charge in [0.05, 0.1) is 10.5 Å². The number of carbonyl (C=O) groups excluding carboxylic acids is 1. The van der Waals surface area contributed by atoms with Crippen molar-refractivity contribution in [3.05, 3.63) is 33.9 Å². The number of para-hydroxylation sites is 1. The Morgan fingerprint density at radius 3 is 2.44 bits per heavy atom. The molecule has 0 N–H and O–H groups in total. The zero-order chi connectivity index (χ0) is 13.9. The summed E-state index contributed by atoms with van der Waals surface area (Å²) in [6.45, 7) is 1.06. The normalized spacial score (nSPS) is 12.3. The minimum atomic E-state index is -3.47. The summed E-state index contributed by atoms with van der Waals surface area (Å²) in [7, 11) is 0. The highest BCUT2D eigenvalue weighted by Gasteiger charge is 2.28. The van der Waals surface area contributed by atoms with Gasteiger partial charge in [-0.1, -0.05) is 6.07 Å². The fourth-order valence-electron chi connectivity index (χ4n) is 1.23. The van der Waals surface area contributed by atoms with E-state index < -0.39 is 34.9 Å². The first kappa shape index (κ1) is 13.9. The third-order valence-electron chi connectivity index (χ3n) is 2.00. The summed E-state index contributed by atoms with van der Waals surface area (Å²) in [5, 5.41) is 10.7. The minimum Gasteiger partial charge on any atom is -0.446 e. The average Bonchev–Trinajstić information content (AvgIpc) is 2.28. The largest absolute Gasteiger partial charge is 0.446 e. The third kappa shape index (κ3) is 2.96. The van der Waals surface area contributed by atoms with Crippen molar-refractivity contribution in [3.8, 4) is 5.75 Å². The molecule has 8 heteroatoms. The van der Waals surface area contributed by atoms with E-state index >= 15 is 0 Å². The first-order valence-corrected chi connectivity index (χ1v) is 4.71. The van der Waals surface area contributed by atoms with Crippen molar-refractivity contribution < 1.29 is 27.6 Å². The van der Waals surface area contributed by atoms with Crippen LogP contribution in [-0.2, 0) is 0 Å². The second kappa shape index (κ2) is 5.48. The van der Waals surface area contributed by atoms with Crippen LogP contribution in [0.2, 0.25) is 0 Å². The first-order valence-electron chi connectivity index (χ1n) is 4.71. The molecular weight excluding hydrogens is 255 g/mol. The number of carbonyl (C=O) groups is 1. The van der Waals surface area contributed by atoms with Crippen LogP contribution in [0.25, 0.3) is 0 Å². The highest BCUT2D eigenvalue weighted by molar-refractivity contribution is 5.98. The van der Waals surface area contributed by atoms with Gasteiger partial charge in [0.1, 0.15) is 0 Å². The number of nitrogens with zero attached hydrogens (tertiary/aromatic N) is 1. The van der Waals surface area contributed by atoms with Crippen LogP contribution in [0.1, 0.15) is 17.3 Å². The number of halogens is 3. The Morgan fingerprint density at radius 1 is 1.39 bits per heavy atom.